The summed E-state index contributed by atoms with van der Waals surface area (Å²) in [6.45, 7) is 7.71. The molecule has 0 radical (unpaired) electrons. The van der Waals surface area contributed by atoms with Crippen molar-refractivity contribution >= 4 is 10.9 Å². The zero-order valence-electron chi connectivity index (χ0n) is 13.2. The second-order valence-electron chi connectivity index (χ2n) is 6.12. The zero-order chi connectivity index (χ0) is 15.3. The lowest BCUT2D eigenvalue weighted by molar-refractivity contribution is 0.340. The van der Waals surface area contributed by atoms with Crippen molar-refractivity contribution in [2.24, 2.45) is 5.41 Å². The van der Waals surface area contributed by atoms with Gasteiger partial charge in [-0.15, -0.1) is 0 Å². The molecule has 0 amide bonds. The van der Waals surface area contributed by atoms with Gasteiger partial charge in [-0.2, -0.15) is 5.26 Å². The Balaban J connectivity index is 1.95. The van der Waals surface area contributed by atoms with E-state index in [-0.39, 0.29) is 5.41 Å². The van der Waals surface area contributed by atoms with E-state index in [1.54, 1.807) is 0 Å². The minimum absolute atomic E-state index is 0.203. The van der Waals surface area contributed by atoms with Gasteiger partial charge in [0, 0.05) is 23.6 Å². The van der Waals surface area contributed by atoms with Crippen molar-refractivity contribution in [3.63, 3.8) is 0 Å². The molecule has 3 heteroatoms. The van der Waals surface area contributed by atoms with Crippen LogP contribution in [0.25, 0.3) is 10.9 Å². The Kier molecular flexibility index (Phi) is 4.90. The number of aromatic nitrogens is 1. The van der Waals surface area contributed by atoms with Crippen LogP contribution in [-0.4, -0.2) is 11.2 Å². The van der Waals surface area contributed by atoms with Crippen LogP contribution in [0.15, 0.2) is 30.5 Å². The lowest BCUT2D eigenvalue weighted by Crippen LogP contribution is -2.08. The number of ether oxygens (including phenoxy) is 1. The normalized spacial score (nSPS) is 11.5. The molecular weight excluding hydrogens is 260 g/mol. The van der Waals surface area contributed by atoms with Crippen LogP contribution in [0.1, 0.15) is 40.0 Å². The van der Waals surface area contributed by atoms with Crippen LogP contribution in [0, 0.1) is 16.7 Å². The Morgan fingerprint density at radius 1 is 1.24 bits per heavy atom. The molecule has 3 nitrogen and oxygen atoms in total. The number of rotatable bonds is 7. The molecule has 1 aromatic heterocycles. The smallest absolute Gasteiger partial charge is 0.120 e. The van der Waals surface area contributed by atoms with Crippen LogP contribution in [0.5, 0.6) is 5.75 Å². The fourth-order valence-corrected chi connectivity index (χ4v) is 2.53. The molecule has 112 valence electrons. The highest BCUT2D eigenvalue weighted by Crippen LogP contribution is 2.24. The van der Waals surface area contributed by atoms with Gasteiger partial charge in [-0.1, -0.05) is 6.42 Å². The Labute approximate surface area is 127 Å². The second kappa shape index (κ2) is 6.67. The Morgan fingerprint density at radius 3 is 2.76 bits per heavy atom. The monoisotopic (exact) mass is 284 g/mol. The van der Waals surface area contributed by atoms with E-state index in [9.17, 15) is 0 Å². The van der Waals surface area contributed by atoms with Gasteiger partial charge in [-0.05, 0) is 57.9 Å². The summed E-state index contributed by atoms with van der Waals surface area (Å²) in [5.41, 5.74) is 1.04. The first kappa shape index (κ1) is 15.4. The van der Waals surface area contributed by atoms with Crippen molar-refractivity contribution in [3.05, 3.63) is 30.5 Å². The van der Waals surface area contributed by atoms with Gasteiger partial charge in [0.2, 0.25) is 0 Å². The molecule has 1 aromatic carbocycles. The molecule has 0 unspecified atom stereocenters. The molecule has 21 heavy (non-hydrogen) atoms. The fraction of sp³-hybridized carbons (Fsp3) is 0.500. The first-order valence-corrected chi connectivity index (χ1v) is 7.69. The number of nitriles is 1. The maximum Gasteiger partial charge on any atom is 0.120 e. The topological polar surface area (TPSA) is 38.0 Å². The molecule has 0 N–H and O–H groups in total. The molecule has 1 heterocycles. The molecule has 0 aliphatic rings. The number of aryl methyl sites for hydroxylation is 1. The summed E-state index contributed by atoms with van der Waals surface area (Å²) in [6.07, 6.45) is 5.27. The third kappa shape index (κ3) is 4.01. The van der Waals surface area contributed by atoms with Gasteiger partial charge in [-0.3, -0.25) is 0 Å². The lowest BCUT2D eigenvalue weighted by Gasteiger charge is -2.14. The minimum atomic E-state index is -0.203. The SMILES string of the molecule is CCOc1ccc2c(ccn2CCCCC(C)(C)C#N)c1. The van der Waals surface area contributed by atoms with E-state index in [0.29, 0.717) is 6.61 Å². The van der Waals surface area contributed by atoms with E-state index in [1.807, 2.05) is 26.8 Å². The predicted octanol–water partition coefficient (Wildman–Crippen LogP) is 4.76. The van der Waals surface area contributed by atoms with E-state index in [2.05, 4.69) is 35.0 Å². The van der Waals surface area contributed by atoms with Crippen LogP contribution in [0.4, 0.5) is 0 Å². The molecule has 0 bridgehead atoms. The first-order chi connectivity index (χ1) is 10.1. The van der Waals surface area contributed by atoms with Gasteiger partial charge in [0.15, 0.2) is 0 Å². The summed E-state index contributed by atoms with van der Waals surface area (Å²) in [7, 11) is 0. The number of nitrogens with zero attached hydrogens (tertiary/aromatic N) is 2. The van der Waals surface area contributed by atoms with Crippen molar-refractivity contribution in [2.45, 2.75) is 46.6 Å². The van der Waals surface area contributed by atoms with Crippen molar-refractivity contribution in [3.8, 4) is 11.8 Å². The van der Waals surface area contributed by atoms with E-state index in [1.165, 1.54) is 10.9 Å². The maximum atomic E-state index is 9.02. The third-order valence-electron chi connectivity index (χ3n) is 3.81. The molecule has 0 aliphatic heterocycles. The Hall–Kier alpha value is -1.95. The van der Waals surface area contributed by atoms with Gasteiger partial charge in [0.05, 0.1) is 18.1 Å². The Bertz CT molecular complexity index is 634. The number of benzene rings is 1. The van der Waals surface area contributed by atoms with Gasteiger partial charge in [0.25, 0.3) is 0 Å². The fourth-order valence-electron chi connectivity index (χ4n) is 2.53. The number of fused-ring (bicyclic) bond motifs is 1. The summed E-state index contributed by atoms with van der Waals surface area (Å²) < 4.78 is 7.81. The van der Waals surface area contributed by atoms with Crippen molar-refractivity contribution < 1.29 is 4.74 Å². The van der Waals surface area contributed by atoms with Gasteiger partial charge < -0.3 is 9.30 Å². The highest BCUT2D eigenvalue weighted by molar-refractivity contribution is 5.81. The van der Waals surface area contributed by atoms with E-state index >= 15 is 0 Å². The quantitative estimate of drug-likeness (QED) is 0.687. The molecule has 0 fully saturated rings. The van der Waals surface area contributed by atoms with Crippen LogP contribution in [0.2, 0.25) is 0 Å². The average Bonchev–Trinajstić information content (AvgIpc) is 2.86. The van der Waals surface area contributed by atoms with Crippen molar-refractivity contribution in [1.29, 1.82) is 5.26 Å². The number of hydrogen-bond donors (Lipinski definition) is 0. The zero-order valence-corrected chi connectivity index (χ0v) is 13.2. The summed E-state index contributed by atoms with van der Waals surface area (Å²) in [4.78, 5) is 0. The largest absolute Gasteiger partial charge is 0.494 e. The van der Waals surface area contributed by atoms with Gasteiger partial charge in [-0.25, -0.2) is 0 Å². The molecule has 0 saturated heterocycles. The van der Waals surface area contributed by atoms with Crippen LogP contribution in [-0.2, 0) is 6.54 Å². The maximum absolute atomic E-state index is 9.02. The van der Waals surface area contributed by atoms with Crippen molar-refractivity contribution in [1.82, 2.24) is 4.57 Å². The van der Waals surface area contributed by atoms with E-state index in [0.717, 1.165) is 31.6 Å². The molecule has 0 saturated carbocycles. The predicted molar refractivity (Wildman–Crippen MR) is 86.4 cm³/mol. The average molecular weight is 284 g/mol. The molecular formula is C18H24N2O. The summed E-state index contributed by atoms with van der Waals surface area (Å²) in [5.74, 6) is 0.929. The molecule has 0 spiro atoms. The van der Waals surface area contributed by atoms with Crippen LogP contribution < -0.4 is 4.74 Å². The van der Waals surface area contributed by atoms with Crippen LogP contribution in [0.3, 0.4) is 0 Å². The van der Waals surface area contributed by atoms with E-state index < -0.39 is 0 Å². The van der Waals surface area contributed by atoms with Crippen molar-refractivity contribution in [2.75, 3.05) is 6.61 Å². The summed E-state index contributed by atoms with van der Waals surface area (Å²) in [5, 5.41) is 10.2. The summed E-state index contributed by atoms with van der Waals surface area (Å²) >= 11 is 0. The standard InChI is InChI=1S/C18H24N2O/c1-4-21-16-7-8-17-15(13-16)9-12-20(17)11-6-5-10-18(2,3)14-19/h7-9,12-13H,4-6,10-11H2,1-3H3. The Morgan fingerprint density at radius 2 is 2.05 bits per heavy atom. The number of hydrogen-bond acceptors (Lipinski definition) is 2. The summed E-state index contributed by atoms with van der Waals surface area (Å²) in [6, 6.07) is 10.7. The minimum Gasteiger partial charge on any atom is -0.494 e. The molecule has 0 aliphatic carbocycles. The number of unbranched alkanes of at least 4 members (excludes halogenated alkanes) is 1. The van der Waals surface area contributed by atoms with Gasteiger partial charge >= 0.3 is 0 Å². The highest BCUT2D eigenvalue weighted by atomic mass is 16.5. The second-order valence-corrected chi connectivity index (χ2v) is 6.12. The lowest BCUT2D eigenvalue weighted by atomic mass is 9.89. The highest BCUT2D eigenvalue weighted by Gasteiger charge is 2.15. The third-order valence-corrected chi connectivity index (χ3v) is 3.81. The van der Waals surface area contributed by atoms with Crippen LogP contribution >= 0.6 is 0 Å². The molecule has 2 rings (SSSR count). The van der Waals surface area contributed by atoms with E-state index in [4.69, 9.17) is 10.00 Å². The van der Waals surface area contributed by atoms with Gasteiger partial charge in [0.1, 0.15) is 5.75 Å². The first-order valence-electron chi connectivity index (χ1n) is 7.69. The molecule has 2 aromatic rings. The molecule has 0 atom stereocenters.